The third-order valence-electron chi connectivity index (χ3n) is 1.69. The van der Waals surface area contributed by atoms with Crippen molar-refractivity contribution in [3.8, 4) is 0 Å². The lowest BCUT2D eigenvalue weighted by molar-refractivity contribution is -0.498. The molecule has 0 spiro atoms. The molecule has 4 nitrogen and oxygen atoms in total. The predicted octanol–water partition coefficient (Wildman–Crippen LogP) is -0.655. The van der Waals surface area contributed by atoms with Gasteiger partial charge in [-0.1, -0.05) is 0 Å². The van der Waals surface area contributed by atoms with Gasteiger partial charge in [0.25, 0.3) is 0 Å². The number of carbonyl (C=O) groups is 1. The minimum absolute atomic E-state index is 0.0133. The summed E-state index contributed by atoms with van der Waals surface area (Å²) >= 11 is 0. The second-order valence-electron chi connectivity index (χ2n) is 2.93. The van der Waals surface area contributed by atoms with Gasteiger partial charge in [-0.3, -0.25) is 4.90 Å². The lowest BCUT2D eigenvalue weighted by Crippen LogP contribution is -2.85. The molecule has 0 saturated carbocycles. The first-order valence-electron chi connectivity index (χ1n) is 4.17. The summed E-state index contributed by atoms with van der Waals surface area (Å²) in [4.78, 5) is 15.0. The number of carbonyl (C=O) groups excluding carboxylic acids is 1. The molecule has 0 aromatic carbocycles. The molecule has 0 unspecified atom stereocenters. The van der Waals surface area contributed by atoms with E-state index in [9.17, 15) is 4.79 Å². The molecule has 12 heavy (non-hydrogen) atoms. The van der Waals surface area contributed by atoms with Crippen LogP contribution < -0.4 is 5.32 Å². The van der Waals surface area contributed by atoms with Crippen LogP contribution in [0, 0.1) is 7.05 Å². The molecule has 0 aliphatic heterocycles. The largest absolute Gasteiger partial charge is 0.395 e. The number of nitrogens with zero attached hydrogens (tertiary/aromatic N) is 2. The van der Waals surface area contributed by atoms with Crippen molar-refractivity contribution in [3.05, 3.63) is 7.05 Å². The van der Waals surface area contributed by atoms with Crippen molar-refractivity contribution in [3.63, 3.8) is 0 Å². The Kier molecular flexibility index (Phi) is 5.66. The molecule has 2 amide bonds. The molecule has 0 aromatic heterocycles. The fraction of sp³-hybridized carbons (Fsp3) is 0.750. The zero-order chi connectivity index (χ0) is 9.56. The summed E-state index contributed by atoms with van der Waals surface area (Å²) in [5.41, 5.74) is 0. The molecular weight excluding hydrogens is 154 g/mol. The van der Waals surface area contributed by atoms with Crippen LogP contribution >= 0.6 is 0 Å². The number of amides is 2. The van der Waals surface area contributed by atoms with Crippen LogP contribution in [0.3, 0.4) is 0 Å². The van der Waals surface area contributed by atoms with E-state index in [0.717, 1.165) is 19.6 Å². The molecule has 2 N–H and O–H groups in total. The summed E-state index contributed by atoms with van der Waals surface area (Å²) in [7, 11) is 7.44. The van der Waals surface area contributed by atoms with E-state index in [1.807, 2.05) is 21.0 Å². The number of nitrogens with two attached hydrogens (primary N) is 1. The number of rotatable bonds is 4. The maximum Gasteiger partial charge on any atom is 0.389 e. The van der Waals surface area contributed by atoms with Gasteiger partial charge in [0.15, 0.2) is 0 Å². The molecule has 4 heteroatoms. The number of urea groups is 1. The third kappa shape index (κ3) is 4.31. The van der Waals surface area contributed by atoms with Crippen LogP contribution in [-0.4, -0.2) is 49.6 Å². The lowest BCUT2D eigenvalue weighted by atomic mass is 10.5. The van der Waals surface area contributed by atoms with Crippen molar-refractivity contribution in [2.75, 3.05) is 33.7 Å². The van der Waals surface area contributed by atoms with Crippen molar-refractivity contribution in [2.45, 2.75) is 6.92 Å². The van der Waals surface area contributed by atoms with E-state index >= 15 is 0 Å². The molecule has 0 atom stereocenters. The molecular formula is C8H19N3O. The number of primary amides is 1. The number of quaternary nitrogens is 1. The third-order valence-corrected chi connectivity index (χ3v) is 1.69. The zero-order valence-electron chi connectivity index (χ0n) is 8.21. The van der Waals surface area contributed by atoms with Gasteiger partial charge in [-0.2, -0.15) is 0 Å². The SMILES string of the molecule is [CH2-][NH2+]C(=O)N(CC)CCN(C)C. The highest BCUT2D eigenvalue weighted by Crippen LogP contribution is 1.86. The molecule has 0 fully saturated rings. The predicted molar refractivity (Wildman–Crippen MR) is 48.5 cm³/mol. The highest BCUT2D eigenvalue weighted by Gasteiger charge is 2.10. The molecule has 0 aliphatic carbocycles. The van der Waals surface area contributed by atoms with Crippen LogP contribution in [0.4, 0.5) is 4.79 Å². The van der Waals surface area contributed by atoms with Crippen LogP contribution in [0.1, 0.15) is 6.92 Å². The Morgan fingerprint density at radius 2 is 2.00 bits per heavy atom. The number of hydrogen-bond donors (Lipinski definition) is 1. The second kappa shape index (κ2) is 5.97. The summed E-state index contributed by atoms with van der Waals surface area (Å²) in [6.45, 7) is 4.39. The van der Waals surface area contributed by atoms with Crippen molar-refractivity contribution < 1.29 is 10.1 Å². The first kappa shape index (κ1) is 11.4. The Hall–Kier alpha value is -0.610. The van der Waals surface area contributed by atoms with Gasteiger partial charge >= 0.3 is 6.03 Å². The molecule has 0 rings (SSSR count). The van der Waals surface area contributed by atoms with E-state index in [1.165, 1.54) is 5.32 Å². The van der Waals surface area contributed by atoms with Gasteiger partial charge in [-0.15, -0.1) is 7.05 Å². The van der Waals surface area contributed by atoms with Gasteiger partial charge in [-0.25, -0.2) is 4.79 Å². The maximum absolute atomic E-state index is 11.1. The minimum atomic E-state index is 0.0133. The highest BCUT2D eigenvalue weighted by molar-refractivity contribution is 5.63. The van der Waals surface area contributed by atoms with Crippen LogP contribution in [0.25, 0.3) is 0 Å². The molecule has 0 aromatic rings. The van der Waals surface area contributed by atoms with E-state index < -0.39 is 0 Å². The van der Waals surface area contributed by atoms with Gasteiger partial charge in [-0.05, 0) is 21.0 Å². The summed E-state index contributed by atoms with van der Waals surface area (Å²) in [5, 5.41) is 1.36. The first-order chi connectivity index (χ1) is 5.61. The first-order valence-corrected chi connectivity index (χ1v) is 4.17. The Bertz CT molecular complexity index is 136. The van der Waals surface area contributed by atoms with Gasteiger partial charge < -0.3 is 10.2 Å². The minimum Gasteiger partial charge on any atom is -0.395 e. The lowest BCUT2D eigenvalue weighted by Gasteiger charge is -2.20. The Morgan fingerprint density at radius 3 is 2.33 bits per heavy atom. The molecule has 0 heterocycles. The van der Waals surface area contributed by atoms with Crippen molar-refractivity contribution >= 4 is 6.03 Å². The van der Waals surface area contributed by atoms with E-state index in [0.29, 0.717) is 0 Å². The molecule has 0 bridgehead atoms. The molecule has 0 aliphatic rings. The molecule has 0 radical (unpaired) electrons. The Balaban J connectivity index is 3.75. The molecule has 0 saturated heterocycles. The van der Waals surface area contributed by atoms with Gasteiger partial charge in [0.05, 0.1) is 0 Å². The summed E-state index contributed by atoms with van der Waals surface area (Å²) < 4.78 is 0. The summed E-state index contributed by atoms with van der Waals surface area (Å²) in [6.07, 6.45) is 0. The van der Waals surface area contributed by atoms with E-state index in [4.69, 9.17) is 0 Å². The van der Waals surface area contributed by atoms with E-state index in [2.05, 4.69) is 11.9 Å². The standard InChI is InChI=1S/C8H19N3O/c1-5-11(8(12)9-2)7-6-10(3)4/h2,5-7,9H2,1,3-4H3. The Morgan fingerprint density at radius 1 is 1.42 bits per heavy atom. The fourth-order valence-corrected chi connectivity index (χ4v) is 0.874. The van der Waals surface area contributed by atoms with E-state index in [-0.39, 0.29) is 6.03 Å². The van der Waals surface area contributed by atoms with Crippen LogP contribution in [0.2, 0.25) is 0 Å². The Labute approximate surface area is 74.5 Å². The monoisotopic (exact) mass is 173 g/mol. The smallest absolute Gasteiger partial charge is 0.389 e. The van der Waals surface area contributed by atoms with Gasteiger partial charge in [0.1, 0.15) is 0 Å². The number of likely N-dealkylation sites (N-methyl/N-ethyl adjacent to an activating group) is 2. The number of hydrogen-bond acceptors (Lipinski definition) is 2. The average molecular weight is 173 g/mol. The highest BCUT2D eigenvalue weighted by atomic mass is 16.2. The van der Waals surface area contributed by atoms with Crippen molar-refractivity contribution in [2.24, 2.45) is 0 Å². The average Bonchev–Trinajstić information content (AvgIpc) is 2.04. The van der Waals surface area contributed by atoms with Crippen LogP contribution in [0.5, 0.6) is 0 Å². The maximum atomic E-state index is 11.1. The second-order valence-corrected chi connectivity index (χ2v) is 2.93. The van der Waals surface area contributed by atoms with Gasteiger partial charge in [0, 0.05) is 19.6 Å². The fourth-order valence-electron chi connectivity index (χ4n) is 0.874. The van der Waals surface area contributed by atoms with E-state index in [1.54, 1.807) is 4.90 Å². The zero-order valence-corrected chi connectivity index (χ0v) is 8.21. The normalized spacial score (nSPS) is 10.4. The van der Waals surface area contributed by atoms with Gasteiger partial charge in [0.2, 0.25) is 0 Å². The quantitative estimate of drug-likeness (QED) is 0.574. The van der Waals surface area contributed by atoms with Crippen molar-refractivity contribution in [1.82, 2.24) is 9.80 Å². The summed E-state index contributed by atoms with van der Waals surface area (Å²) in [6, 6.07) is 0.0133. The van der Waals surface area contributed by atoms with Crippen LogP contribution in [-0.2, 0) is 0 Å². The summed E-state index contributed by atoms with van der Waals surface area (Å²) in [5.74, 6) is 0. The van der Waals surface area contributed by atoms with Crippen LogP contribution in [0.15, 0.2) is 0 Å². The van der Waals surface area contributed by atoms with Crippen molar-refractivity contribution in [1.29, 1.82) is 0 Å². The molecule has 72 valence electrons. The topological polar surface area (TPSA) is 40.2 Å².